The van der Waals surface area contributed by atoms with Crippen LogP contribution in [0, 0.1) is 13.8 Å². The lowest BCUT2D eigenvalue weighted by atomic mass is 10.1. The lowest BCUT2D eigenvalue weighted by Crippen LogP contribution is -2.21. The molecule has 1 N–H and O–H groups in total. The topological polar surface area (TPSA) is 86.2 Å². The zero-order valence-corrected chi connectivity index (χ0v) is 19.3. The predicted octanol–water partition coefficient (Wildman–Crippen LogP) is 4.25. The van der Waals surface area contributed by atoms with Gasteiger partial charge in [0, 0.05) is 17.4 Å². The first-order chi connectivity index (χ1) is 16.4. The minimum atomic E-state index is -0.236. The molecular formula is C25H21ClN6O2. The smallest absolute Gasteiger partial charge is 0.322 e. The zero-order valence-electron chi connectivity index (χ0n) is 18.6. The fourth-order valence-corrected chi connectivity index (χ4v) is 3.94. The monoisotopic (exact) mass is 472 g/mol. The Kier molecular flexibility index (Phi) is 5.51. The van der Waals surface area contributed by atoms with Gasteiger partial charge in [-0.2, -0.15) is 5.10 Å². The van der Waals surface area contributed by atoms with Gasteiger partial charge in [0.05, 0.1) is 28.6 Å². The summed E-state index contributed by atoms with van der Waals surface area (Å²) in [4.78, 5) is 25.3. The maximum Gasteiger partial charge on any atom is 0.350 e. The number of aryl methyl sites for hydroxylation is 1. The summed E-state index contributed by atoms with van der Waals surface area (Å²) in [5.41, 5.74) is 4.79. The van der Waals surface area contributed by atoms with Gasteiger partial charge in [0.2, 0.25) is 0 Å². The van der Waals surface area contributed by atoms with E-state index in [1.807, 2.05) is 50.2 Å². The fourth-order valence-electron chi connectivity index (χ4n) is 3.82. The van der Waals surface area contributed by atoms with Gasteiger partial charge in [-0.15, -0.1) is 5.10 Å². The molecular weight excluding hydrogens is 452 g/mol. The molecule has 5 rings (SSSR count). The number of amides is 1. The summed E-state index contributed by atoms with van der Waals surface area (Å²) in [5.74, 6) is -0.236. The third-order valence-electron chi connectivity index (χ3n) is 5.58. The van der Waals surface area contributed by atoms with Crippen LogP contribution in [0.25, 0.3) is 11.3 Å². The van der Waals surface area contributed by atoms with Crippen LogP contribution in [-0.4, -0.2) is 29.9 Å². The molecule has 0 aliphatic carbocycles. The number of rotatable bonds is 5. The van der Waals surface area contributed by atoms with Gasteiger partial charge in [-0.05, 0) is 67.9 Å². The SMILES string of the molecule is Cc1nn(-c2ccc(C(=O)Nc3cccc(Cn4nc5ccccn5c4=O)c3)cc2)c(C)c1Cl. The number of halogens is 1. The highest BCUT2D eigenvalue weighted by molar-refractivity contribution is 6.31. The van der Waals surface area contributed by atoms with Crippen molar-refractivity contribution in [1.82, 2.24) is 24.0 Å². The van der Waals surface area contributed by atoms with Crippen molar-refractivity contribution in [3.63, 3.8) is 0 Å². The number of pyridine rings is 1. The molecule has 5 aromatic rings. The van der Waals surface area contributed by atoms with Gasteiger partial charge in [-0.25, -0.2) is 14.2 Å². The maximum absolute atomic E-state index is 12.8. The number of benzene rings is 2. The summed E-state index contributed by atoms with van der Waals surface area (Å²) in [5, 5.41) is 12.3. The number of carbonyl (C=O) groups excluding carboxylic acids is 1. The largest absolute Gasteiger partial charge is 0.350 e. The quantitative estimate of drug-likeness (QED) is 0.414. The average Bonchev–Trinajstić information content (AvgIpc) is 3.30. The molecule has 2 aromatic carbocycles. The number of fused-ring (bicyclic) bond motifs is 1. The Hall–Kier alpha value is -4.17. The van der Waals surface area contributed by atoms with Crippen molar-refractivity contribution >= 4 is 28.8 Å². The molecule has 0 aliphatic rings. The second-order valence-corrected chi connectivity index (χ2v) is 8.35. The molecule has 0 radical (unpaired) electrons. The number of nitrogens with zero attached hydrogens (tertiary/aromatic N) is 5. The van der Waals surface area contributed by atoms with Crippen molar-refractivity contribution in [3.05, 3.63) is 111 Å². The Labute approximate surface area is 200 Å². The number of aromatic nitrogens is 5. The van der Waals surface area contributed by atoms with Crippen LogP contribution in [0.5, 0.6) is 0 Å². The van der Waals surface area contributed by atoms with Gasteiger partial charge in [0.15, 0.2) is 5.65 Å². The molecule has 0 spiro atoms. The van der Waals surface area contributed by atoms with Gasteiger partial charge in [-0.1, -0.05) is 29.8 Å². The summed E-state index contributed by atoms with van der Waals surface area (Å²) in [7, 11) is 0. The van der Waals surface area contributed by atoms with E-state index in [9.17, 15) is 9.59 Å². The number of nitrogens with one attached hydrogen (secondary N) is 1. The normalized spacial score (nSPS) is 11.1. The summed E-state index contributed by atoms with van der Waals surface area (Å²) in [6.07, 6.45) is 1.69. The Bertz CT molecular complexity index is 1580. The number of anilines is 1. The van der Waals surface area contributed by atoms with Crippen LogP contribution in [0.4, 0.5) is 5.69 Å². The van der Waals surface area contributed by atoms with Crippen LogP contribution in [0.15, 0.2) is 77.7 Å². The van der Waals surface area contributed by atoms with Gasteiger partial charge in [0.25, 0.3) is 5.91 Å². The summed E-state index contributed by atoms with van der Waals surface area (Å²) >= 11 is 6.24. The van der Waals surface area contributed by atoms with Crippen LogP contribution in [0.1, 0.15) is 27.3 Å². The van der Waals surface area contributed by atoms with Crippen LogP contribution in [0.3, 0.4) is 0 Å². The molecule has 0 aliphatic heterocycles. The maximum atomic E-state index is 12.8. The minimum absolute atomic E-state index is 0.214. The van der Waals surface area contributed by atoms with E-state index in [1.54, 1.807) is 41.2 Å². The van der Waals surface area contributed by atoms with Crippen LogP contribution in [-0.2, 0) is 6.54 Å². The summed E-state index contributed by atoms with van der Waals surface area (Å²) in [6, 6.07) is 19.9. The van der Waals surface area contributed by atoms with E-state index in [2.05, 4.69) is 15.5 Å². The van der Waals surface area contributed by atoms with Crippen molar-refractivity contribution in [1.29, 1.82) is 0 Å². The Balaban J connectivity index is 1.32. The molecule has 0 unspecified atom stereocenters. The predicted molar refractivity (Wildman–Crippen MR) is 131 cm³/mol. The number of hydrogen-bond acceptors (Lipinski definition) is 4. The molecule has 1 amide bonds. The molecule has 0 fully saturated rings. The first-order valence-corrected chi connectivity index (χ1v) is 11.0. The molecule has 0 bridgehead atoms. The lowest BCUT2D eigenvalue weighted by molar-refractivity contribution is 0.102. The number of hydrogen-bond donors (Lipinski definition) is 1. The molecule has 0 saturated carbocycles. The van der Waals surface area contributed by atoms with Gasteiger partial charge in [-0.3, -0.25) is 9.20 Å². The fraction of sp³-hybridized carbons (Fsp3) is 0.120. The zero-order chi connectivity index (χ0) is 23.8. The second-order valence-electron chi connectivity index (χ2n) is 7.97. The molecule has 3 aromatic heterocycles. The highest BCUT2D eigenvalue weighted by atomic mass is 35.5. The van der Waals surface area contributed by atoms with E-state index in [4.69, 9.17) is 11.6 Å². The molecule has 34 heavy (non-hydrogen) atoms. The third kappa shape index (κ3) is 3.99. The molecule has 0 atom stereocenters. The van der Waals surface area contributed by atoms with Crippen LogP contribution >= 0.6 is 11.6 Å². The summed E-state index contributed by atoms with van der Waals surface area (Å²) in [6.45, 7) is 4.05. The van der Waals surface area contributed by atoms with E-state index in [1.165, 1.54) is 9.08 Å². The van der Waals surface area contributed by atoms with Crippen molar-refractivity contribution in [2.24, 2.45) is 0 Å². The lowest BCUT2D eigenvalue weighted by Gasteiger charge is -2.09. The van der Waals surface area contributed by atoms with Crippen molar-refractivity contribution < 1.29 is 4.79 Å². The second kappa shape index (κ2) is 8.64. The number of carbonyl (C=O) groups is 1. The van der Waals surface area contributed by atoms with Crippen molar-refractivity contribution in [3.8, 4) is 5.69 Å². The van der Waals surface area contributed by atoms with Gasteiger partial charge in [0.1, 0.15) is 0 Å². The van der Waals surface area contributed by atoms with E-state index in [0.717, 1.165) is 22.6 Å². The van der Waals surface area contributed by atoms with Crippen molar-refractivity contribution in [2.75, 3.05) is 5.32 Å². The Morgan fingerprint density at radius 1 is 1.00 bits per heavy atom. The van der Waals surface area contributed by atoms with E-state index in [0.29, 0.717) is 28.5 Å². The minimum Gasteiger partial charge on any atom is -0.322 e. The first-order valence-electron chi connectivity index (χ1n) is 10.7. The Morgan fingerprint density at radius 2 is 1.79 bits per heavy atom. The Morgan fingerprint density at radius 3 is 2.50 bits per heavy atom. The molecule has 8 nitrogen and oxygen atoms in total. The van der Waals surface area contributed by atoms with E-state index < -0.39 is 0 Å². The first kappa shape index (κ1) is 21.7. The highest BCUT2D eigenvalue weighted by Crippen LogP contribution is 2.22. The molecule has 0 saturated heterocycles. The van der Waals surface area contributed by atoms with Gasteiger partial charge < -0.3 is 5.32 Å². The molecule has 3 heterocycles. The highest BCUT2D eigenvalue weighted by Gasteiger charge is 2.12. The average molecular weight is 473 g/mol. The van der Waals surface area contributed by atoms with Crippen LogP contribution in [0.2, 0.25) is 5.02 Å². The van der Waals surface area contributed by atoms with Crippen molar-refractivity contribution in [2.45, 2.75) is 20.4 Å². The van der Waals surface area contributed by atoms with Crippen LogP contribution < -0.4 is 11.0 Å². The van der Waals surface area contributed by atoms with E-state index in [-0.39, 0.29) is 11.6 Å². The van der Waals surface area contributed by atoms with E-state index >= 15 is 0 Å². The molecule has 170 valence electrons. The van der Waals surface area contributed by atoms with Gasteiger partial charge >= 0.3 is 5.69 Å². The molecule has 9 heteroatoms. The summed E-state index contributed by atoms with van der Waals surface area (Å²) < 4.78 is 4.65. The standard InChI is InChI=1S/C25H21ClN6O2/c1-16-23(26)17(2)32(28-16)21-11-9-19(10-12-21)24(33)27-20-7-5-6-18(14-20)15-31-25(34)30-13-4-3-8-22(30)29-31/h3-14H,15H2,1-2H3,(H,27,33). The third-order valence-corrected chi connectivity index (χ3v) is 6.13.